The highest BCUT2D eigenvalue weighted by molar-refractivity contribution is 5.33. The molecule has 0 radical (unpaired) electrons. The standard InChI is InChI=1S/C24H40O/c1-8-24(16-10-9-11-17-24)25-21-14-12-20(13-15-21)23(7,19(2)3)18-22(4,5)6/h12-15,19H,8-11,16-18H2,1-7H3. The Kier molecular flexibility index (Phi) is 6.28. The van der Waals surface area contributed by atoms with Crippen molar-refractivity contribution in [2.24, 2.45) is 11.3 Å². The van der Waals surface area contributed by atoms with E-state index in [-0.39, 0.29) is 11.0 Å². The lowest BCUT2D eigenvalue weighted by molar-refractivity contribution is 0.0265. The summed E-state index contributed by atoms with van der Waals surface area (Å²) in [5, 5.41) is 0. The van der Waals surface area contributed by atoms with Gasteiger partial charge in [0.1, 0.15) is 11.4 Å². The van der Waals surface area contributed by atoms with Gasteiger partial charge in [0.2, 0.25) is 0 Å². The lowest BCUT2D eigenvalue weighted by Gasteiger charge is -2.40. The molecule has 1 fully saturated rings. The van der Waals surface area contributed by atoms with E-state index in [4.69, 9.17) is 4.74 Å². The molecule has 1 atom stereocenters. The van der Waals surface area contributed by atoms with Gasteiger partial charge in [0.15, 0.2) is 0 Å². The molecule has 1 aromatic rings. The van der Waals surface area contributed by atoms with Gasteiger partial charge in [-0.15, -0.1) is 0 Å². The maximum atomic E-state index is 6.52. The molecule has 1 nitrogen and oxygen atoms in total. The van der Waals surface area contributed by atoms with Crippen LogP contribution in [-0.2, 0) is 5.41 Å². The molecule has 0 aromatic heterocycles. The van der Waals surface area contributed by atoms with Crippen LogP contribution >= 0.6 is 0 Å². The minimum Gasteiger partial charge on any atom is -0.487 e. The van der Waals surface area contributed by atoms with Crippen molar-refractivity contribution in [3.63, 3.8) is 0 Å². The van der Waals surface area contributed by atoms with Crippen LogP contribution in [0.2, 0.25) is 0 Å². The normalized spacial score (nSPS) is 20.3. The van der Waals surface area contributed by atoms with E-state index in [2.05, 4.69) is 72.7 Å². The third-order valence-corrected chi connectivity index (χ3v) is 6.43. The number of hydrogen-bond donors (Lipinski definition) is 0. The van der Waals surface area contributed by atoms with Gasteiger partial charge in [-0.1, -0.05) is 67.0 Å². The average molecular weight is 345 g/mol. The van der Waals surface area contributed by atoms with Crippen molar-refractivity contribution in [2.45, 2.75) is 104 Å². The Morgan fingerprint density at radius 3 is 1.96 bits per heavy atom. The van der Waals surface area contributed by atoms with Crippen molar-refractivity contribution in [1.29, 1.82) is 0 Å². The summed E-state index contributed by atoms with van der Waals surface area (Å²) in [6, 6.07) is 9.05. The fraction of sp³-hybridized carbons (Fsp3) is 0.750. The van der Waals surface area contributed by atoms with Crippen molar-refractivity contribution in [3.8, 4) is 5.75 Å². The molecule has 25 heavy (non-hydrogen) atoms. The molecule has 0 aliphatic heterocycles. The first-order valence-corrected chi connectivity index (χ1v) is 10.4. The van der Waals surface area contributed by atoms with Crippen LogP contribution in [0.25, 0.3) is 0 Å². The molecule has 0 bridgehead atoms. The van der Waals surface area contributed by atoms with Gasteiger partial charge in [0.05, 0.1) is 0 Å². The Bertz CT molecular complexity index is 528. The lowest BCUT2D eigenvalue weighted by atomic mass is 9.65. The summed E-state index contributed by atoms with van der Waals surface area (Å²) < 4.78 is 6.52. The van der Waals surface area contributed by atoms with Crippen LogP contribution in [0.3, 0.4) is 0 Å². The number of rotatable bonds is 6. The van der Waals surface area contributed by atoms with Gasteiger partial charge in [-0.05, 0) is 73.0 Å². The van der Waals surface area contributed by atoms with Gasteiger partial charge in [-0.3, -0.25) is 0 Å². The lowest BCUT2D eigenvalue weighted by Crippen LogP contribution is -2.37. The van der Waals surface area contributed by atoms with E-state index in [0.717, 1.165) is 12.2 Å². The first-order chi connectivity index (χ1) is 11.6. The van der Waals surface area contributed by atoms with Crippen molar-refractivity contribution in [3.05, 3.63) is 29.8 Å². The Hall–Kier alpha value is -0.980. The summed E-state index contributed by atoms with van der Waals surface area (Å²) in [5.74, 6) is 1.66. The quantitative estimate of drug-likeness (QED) is 0.518. The van der Waals surface area contributed by atoms with E-state index in [9.17, 15) is 0 Å². The summed E-state index contributed by atoms with van der Waals surface area (Å²) in [5.41, 5.74) is 2.04. The molecule has 0 spiro atoms. The van der Waals surface area contributed by atoms with Crippen LogP contribution < -0.4 is 4.74 Å². The fourth-order valence-electron chi connectivity index (χ4n) is 4.62. The summed E-state index contributed by atoms with van der Waals surface area (Å²) in [7, 11) is 0. The first-order valence-electron chi connectivity index (χ1n) is 10.4. The minimum absolute atomic E-state index is 0.0759. The Morgan fingerprint density at radius 2 is 1.52 bits per heavy atom. The summed E-state index contributed by atoms with van der Waals surface area (Å²) in [6.07, 6.45) is 8.70. The first kappa shape index (κ1) is 20.3. The van der Waals surface area contributed by atoms with Gasteiger partial charge in [0, 0.05) is 0 Å². The topological polar surface area (TPSA) is 9.23 Å². The van der Waals surface area contributed by atoms with Gasteiger partial charge in [0.25, 0.3) is 0 Å². The van der Waals surface area contributed by atoms with Crippen molar-refractivity contribution < 1.29 is 4.74 Å². The monoisotopic (exact) mass is 344 g/mol. The zero-order valence-electron chi connectivity index (χ0n) is 17.7. The van der Waals surface area contributed by atoms with Crippen LogP contribution in [0.5, 0.6) is 5.75 Å². The smallest absolute Gasteiger partial charge is 0.120 e. The summed E-state index contributed by atoms with van der Waals surface area (Å²) >= 11 is 0. The SMILES string of the molecule is CCC1(Oc2ccc(C(C)(CC(C)(C)C)C(C)C)cc2)CCCCC1. The van der Waals surface area contributed by atoms with Crippen molar-refractivity contribution in [2.75, 3.05) is 0 Å². The average Bonchev–Trinajstić information content (AvgIpc) is 2.54. The van der Waals surface area contributed by atoms with Crippen LogP contribution in [0.1, 0.15) is 99.0 Å². The Balaban J connectivity index is 2.20. The highest BCUT2D eigenvalue weighted by Crippen LogP contribution is 2.43. The van der Waals surface area contributed by atoms with E-state index in [0.29, 0.717) is 11.3 Å². The largest absolute Gasteiger partial charge is 0.487 e. The number of ether oxygens (including phenoxy) is 1. The molecule has 1 aromatic carbocycles. The van der Waals surface area contributed by atoms with Crippen molar-refractivity contribution in [1.82, 2.24) is 0 Å². The molecule has 0 saturated heterocycles. The molecule has 1 aliphatic carbocycles. The van der Waals surface area contributed by atoms with Gasteiger partial charge < -0.3 is 4.74 Å². The highest BCUT2D eigenvalue weighted by Gasteiger charge is 2.35. The Morgan fingerprint density at radius 1 is 0.960 bits per heavy atom. The van der Waals surface area contributed by atoms with E-state index in [1.165, 1.54) is 44.1 Å². The van der Waals surface area contributed by atoms with E-state index in [1.54, 1.807) is 0 Å². The molecule has 1 unspecified atom stereocenters. The van der Waals surface area contributed by atoms with E-state index < -0.39 is 0 Å². The van der Waals surface area contributed by atoms with Crippen LogP contribution in [-0.4, -0.2) is 5.60 Å². The maximum Gasteiger partial charge on any atom is 0.120 e. The molecule has 1 saturated carbocycles. The predicted octanol–water partition coefficient (Wildman–Crippen LogP) is 7.53. The van der Waals surface area contributed by atoms with Gasteiger partial charge in [-0.2, -0.15) is 0 Å². The van der Waals surface area contributed by atoms with Crippen molar-refractivity contribution >= 4 is 0 Å². The molecule has 142 valence electrons. The third-order valence-electron chi connectivity index (χ3n) is 6.43. The molecule has 1 heteroatoms. The summed E-state index contributed by atoms with van der Waals surface area (Å²) in [6.45, 7) is 16.4. The van der Waals surface area contributed by atoms with E-state index in [1.807, 2.05) is 0 Å². The van der Waals surface area contributed by atoms with Gasteiger partial charge >= 0.3 is 0 Å². The maximum absolute atomic E-state index is 6.52. The highest BCUT2D eigenvalue weighted by atomic mass is 16.5. The zero-order chi connectivity index (χ0) is 18.7. The molecule has 1 aliphatic rings. The fourth-order valence-corrected chi connectivity index (χ4v) is 4.62. The molecular formula is C24H40O. The second-order valence-corrected chi connectivity index (χ2v) is 10.0. The second kappa shape index (κ2) is 7.72. The summed E-state index contributed by atoms with van der Waals surface area (Å²) in [4.78, 5) is 0. The van der Waals surface area contributed by atoms with Crippen LogP contribution in [0.4, 0.5) is 0 Å². The molecule has 0 N–H and O–H groups in total. The van der Waals surface area contributed by atoms with Crippen LogP contribution in [0.15, 0.2) is 24.3 Å². The van der Waals surface area contributed by atoms with E-state index >= 15 is 0 Å². The predicted molar refractivity (Wildman–Crippen MR) is 109 cm³/mol. The number of hydrogen-bond acceptors (Lipinski definition) is 1. The van der Waals surface area contributed by atoms with Crippen LogP contribution in [0, 0.1) is 11.3 Å². The molecule has 0 heterocycles. The number of benzene rings is 1. The third kappa shape index (κ3) is 5.02. The molecular weight excluding hydrogens is 304 g/mol. The minimum atomic E-state index is 0.0759. The second-order valence-electron chi connectivity index (χ2n) is 10.0. The van der Waals surface area contributed by atoms with Gasteiger partial charge in [-0.25, -0.2) is 0 Å². The molecule has 0 amide bonds. The zero-order valence-corrected chi connectivity index (χ0v) is 17.7. The molecule has 2 rings (SSSR count). The Labute approximate surface area is 156 Å².